The first-order chi connectivity index (χ1) is 10.00. The summed E-state index contributed by atoms with van der Waals surface area (Å²) in [6.45, 7) is 2.17. The van der Waals surface area contributed by atoms with Gasteiger partial charge in [0, 0.05) is 19.3 Å². The third kappa shape index (κ3) is 5.91. The van der Waals surface area contributed by atoms with Gasteiger partial charge in [-0.05, 0) is 12.1 Å². The fourth-order valence-electron chi connectivity index (χ4n) is 1.51. The molecule has 0 radical (unpaired) electrons. The van der Waals surface area contributed by atoms with Crippen molar-refractivity contribution in [3.8, 4) is 11.8 Å². The van der Waals surface area contributed by atoms with E-state index in [2.05, 4.69) is 26.9 Å². The third-order valence-electron chi connectivity index (χ3n) is 2.37. The molecule has 0 aliphatic rings. The molecule has 114 valence electrons. The van der Waals surface area contributed by atoms with Gasteiger partial charge in [-0.25, -0.2) is 18.1 Å². The van der Waals surface area contributed by atoms with Crippen molar-refractivity contribution in [1.29, 1.82) is 0 Å². The van der Waals surface area contributed by atoms with Crippen LogP contribution in [0.15, 0.2) is 18.3 Å². The summed E-state index contributed by atoms with van der Waals surface area (Å²) in [6, 6.07) is 3.31. The second-order valence-corrected chi connectivity index (χ2v) is 5.90. The molecule has 1 aromatic heterocycles. The van der Waals surface area contributed by atoms with Crippen molar-refractivity contribution in [1.82, 2.24) is 15.0 Å². The lowest BCUT2D eigenvalue weighted by atomic mass is 10.2. The predicted molar refractivity (Wildman–Crippen MR) is 80.0 cm³/mol. The van der Waals surface area contributed by atoms with Crippen LogP contribution in [0.25, 0.3) is 0 Å². The molecule has 0 unspecified atom stereocenters. The van der Waals surface area contributed by atoms with E-state index in [1.54, 1.807) is 19.1 Å². The van der Waals surface area contributed by atoms with Gasteiger partial charge >= 0.3 is 0 Å². The molecule has 0 aliphatic heterocycles. The van der Waals surface area contributed by atoms with Crippen molar-refractivity contribution in [2.24, 2.45) is 5.73 Å². The van der Waals surface area contributed by atoms with E-state index in [1.165, 1.54) is 6.20 Å². The first-order valence-electron chi connectivity index (χ1n) is 6.39. The molecular weight excluding hydrogens is 292 g/mol. The van der Waals surface area contributed by atoms with E-state index in [-0.39, 0.29) is 24.5 Å². The Balaban J connectivity index is 2.69. The van der Waals surface area contributed by atoms with Crippen molar-refractivity contribution in [2.75, 3.05) is 25.4 Å². The van der Waals surface area contributed by atoms with E-state index in [4.69, 9.17) is 5.73 Å². The lowest BCUT2D eigenvalue weighted by Gasteiger charge is -2.07. The zero-order chi connectivity index (χ0) is 15.7. The summed E-state index contributed by atoms with van der Waals surface area (Å²) in [5.41, 5.74) is 5.90. The minimum absolute atomic E-state index is 0.00546. The number of sulfonamides is 1. The van der Waals surface area contributed by atoms with Crippen LogP contribution in [0.4, 0.5) is 0 Å². The van der Waals surface area contributed by atoms with Gasteiger partial charge in [-0.3, -0.25) is 4.79 Å². The van der Waals surface area contributed by atoms with Crippen molar-refractivity contribution >= 4 is 15.9 Å². The zero-order valence-electron chi connectivity index (χ0n) is 11.7. The van der Waals surface area contributed by atoms with Gasteiger partial charge in [-0.2, -0.15) is 0 Å². The summed E-state index contributed by atoms with van der Waals surface area (Å²) in [4.78, 5) is 15.9. The number of hydrogen-bond donors (Lipinski definition) is 3. The number of hydrogen-bond acceptors (Lipinski definition) is 5. The van der Waals surface area contributed by atoms with E-state index in [0.717, 1.165) is 0 Å². The summed E-state index contributed by atoms with van der Waals surface area (Å²) >= 11 is 0. The lowest BCUT2D eigenvalue weighted by molar-refractivity contribution is 0.0951. The lowest BCUT2D eigenvalue weighted by Crippen LogP contribution is -2.34. The molecular formula is C13H18N4O3S. The van der Waals surface area contributed by atoms with E-state index in [0.29, 0.717) is 12.1 Å². The number of carbonyl (C=O) groups is 1. The van der Waals surface area contributed by atoms with Crippen LogP contribution in [-0.2, 0) is 10.0 Å². The second-order valence-electron chi connectivity index (χ2n) is 3.98. The van der Waals surface area contributed by atoms with Crippen LogP contribution in [0.5, 0.6) is 0 Å². The Bertz CT molecular complexity index is 647. The third-order valence-corrected chi connectivity index (χ3v) is 3.84. The van der Waals surface area contributed by atoms with Crippen LogP contribution in [0.3, 0.4) is 0 Å². The molecule has 0 aromatic carbocycles. The Hall–Kier alpha value is -1.95. The van der Waals surface area contributed by atoms with Gasteiger partial charge in [0.15, 0.2) is 0 Å². The van der Waals surface area contributed by atoms with E-state index < -0.39 is 15.9 Å². The highest BCUT2D eigenvalue weighted by Gasteiger charge is 2.13. The molecule has 1 rings (SSSR count). The van der Waals surface area contributed by atoms with Gasteiger partial charge < -0.3 is 11.1 Å². The van der Waals surface area contributed by atoms with Crippen LogP contribution in [0.1, 0.15) is 23.0 Å². The number of carbonyl (C=O) groups excluding carboxylic acids is 1. The first-order valence-corrected chi connectivity index (χ1v) is 8.05. The first kappa shape index (κ1) is 17.1. The standard InChI is InChI=1S/C13H18N4O3S/c1-2-17-21(19,20)10-9-16-13(18)12-11(5-3-7-14)6-4-8-15-12/h4,6,8,17H,2,7,9-10,14H2,1H3,(H,16,18). The molecule has 1 amide bonds. The maximum Gasteiger partial charge on any atom is 0.271 e. The zero-order valence-corrected chi connectivity index (χ0v) is 12.5. The molecule has 0 saturated heterocycles. The normalized spacial score (nSPS) is 10.6. The van der Waals surface area contributed by atoms with Gasteiger partial charge in [-0.15, -0.1) is 0 Å². The van der Waals surface area contributed by atoms with Gasteiger partial charge in [0.2, 0.25) is 10.0 Å². The summed E-state index contributed by atoms with van der Waals surface area (Å²) in [5, 5.41) is 2.51. The van der Waals surface area contributed by atoms with Crippen molar-refractivity contribution in [3.05, 3.63) is 29.6 Å². The van der Waals surface area contributed by atoms with Crippen LogP contribution in [0, 0.1) is 11.8 Å². The Morgan fingerprint density at radius 1 is 1.48 bits per heavy atom. The Morgan fingerprint density at radius 3 is 2.90 bits per heavy atom. The summed E-state index contributed by atoms with van der Waals surface area (Å²) in [5.74, 6) is 4.74. The minimum atomic E-state index is -3.36. The molecule has 1 heterocycles. The topological polar surface area (TPSA) is 114 Å². The fourth-order valence-corrected chi connectivity index (χ4v) is 2.46. The summed E-state index contributed by atoms with van der Waals surface area (Å²) in [7, 11) is -3.36. The largest absolute Gasteiger partial charge is 0.350 e. The minimum Gasteiger partial charge on any atom is -0.350 e. The highest BCUT2D eigenvalue weighted by atomic mass is 32.2. The fraction of sp³-hybridized carbons (Fsp3) is 0.385. The maximum absolute atomic E-state index is 12.0. The number of pyridine rings is 1. The van der Waals surface area contributed by atoms with Gasteiger partial charge in [0.1, 0.15) is 5.69 Å². The van der Waals surface area contributed by atoms with Crippen LogP contribution in [-0.4, -0.2) is 44.7 Å². The number of rotatable bonds is 6. The smallest absolute Gasteiger partial charge is 0.271 e. The van der Waals surface area contributed by atoms with Crippen molar-refractivity contribution < 1.29 is 13.2 Å². The molecule has 1 aromatic rings. The number of nitrogens with zero attached hydrogens (tertiary/aromatic N) is 1. The van der Waals surface area contributed by atoms with Crippen LogP contribution >= 0.6 is 0 Å². The van der Waals surface area contributed by atoms with Gasteiger partial charge in [0.05, 0.1) is 17.9 Å². The molecule has 21 heavy (non-hydrogen) atoms. The molecule has 7 nitrogen and oxygen atoms in total. The maximum atomic E-state index is 12.0. The van der Waals surface area contributed by atoms with Crippen molar-refractivity contribution in [2.45, 2.75) is 6.92 Å². The molecule has 0 spiro atoms. The number of aromatic nitrogens is 1. The average Bonchev–Trinajstić information content (AvgIpc) is 2.45. The second kappa shape index (κ2) is 8.36. The predicted octanol–water partition coefficient (Wildman–Crippen LogP) is -0.939. The molecule has 0 saturated carbocycles. The van der Waals surface area contributed by atoms with E-state index in [9.17, 15) is 13.2 Å². The summed E-state index contributed by atoms with van der Waals surface area (Å²) < 4.78 is 25.2. The van der Waals surface area contributed by atoms with E-state index in [1.807, 2.05) is 0 Å². The Kier molecular flexibility index (Phi) is 6.81. The number of amides is 1. The summed E-state index contributed by atoms with van der Waals surface area (Å²) in [6.07, 6.45) is 1.47. The van der Waals surface area contributed by atoms with Crippen LogP contribution < -0.4 is 15.8 Å². The molecule has 8 heteroatoms. The Morgan fingerprint density at radius 2 is 2.24 bits per heavy atom. The van der Waals surface area contributed by atoms with Gasteiger partial charge in [0.25, 0.3) is 5.91 Å². The van der Waals surface area contributed by atoms with E-state index >= 15 is 0 Å². The molecule has 0 aliphatic carbocycles. The molecule has 0 bridgehead atoms. The number of nitrogens with two attached hydrogens (primary N) is 1. The highest BCUT2D eigenvalue weighted by molar-refractivity contribution is 7.89. The van der Waals surface area contributed by atoms with Crippen LogP contribution in [0.2, 0.25) is 0 Å². The number of nitrogens with one attached hydrogen (secondary N) is 2. The SMILES string of the molecule is CCNS(=O)(=O)CCNC(=O)c1ncccc1C#CCN. The Labute approximate surface area is 124 Å². The molecule has 0 fully saturated rings. The average molecular weight is 310 g/mol. The monoisotopic (exact) mass is 310 g/mol. The quantitative estimate of drug-likeness (QED) is 0.587. The highest BCUT2D eigenvalue weighted by Crippen LogP contribution is 2.03. The van der Waals surface area contributed by atoms with Crippen molar-refractivity contribution in [3.63, 3.8) is 0 Å². The molecule has 0 atom stereocenters. The van der Waals surface area contributed by atoms with Gasteiger partial charge in [-0.1, -0.05) is 18.8 Å². The molecule has 4 N–H and O–H groups in total.